The Bertz CT molecular complexity index is 1020. The molecule has 0 aliphatic rings. The quantitative estimate of drug-likeness (QED) is 0.568. The van der Waals surface area contributed by atoms with Gasteiger partial charge < -0.3 is 16.0 Å². The van der Waals surface area contributed by atoms with E-state index < -0.39 is 11.8 Å². The van der Waals surface area contributed by atoms with Crippen molar-refractivity contribution in [2.75, 3.05) is 17.2 Å². The van der Waals surface area contributed by atoms with Crippen LogP contribution in [-0.4, -0.2) is 23.9 Å². The van der Waals surface area contributed by atoms with Gasteiger partial charge in [-0.25, -0.2) is 0 Å². The van der Waals surface area contributed by atoms with Crippen LogP contribution in [0.4, 0.5) is 11.4 Å². The molecule has 0 fully saturated rings. The number of amides is 2. The molecule has 5 heteroatoms. The van der Waals surface area contributed by atoms with Crippen LogP contribution < -0.4 is 16.0 Å². The average Bonchev–Trinajstić information content (AvgIpc) is 2.68. The van der Waals surface area contributed by atoms with Crippen molar-refractivity contribution in [1.29, 1.82) is 0 Å². The number of rotatable bonds is 5. The Morgan fingerprint density at radius 1 is 0.793 bits per heavy atom. The molecule has 0 saturated carbocycles. The summed E-state index contributed by atoms with van der Waals surface area (Å²) >= 11 is 0. The van der Waals surface area contributed by atoms with Crippen molar-refractivity contribution in [1.82, 2.24) is 5.32 Å². The molecule has 3 rings (SSSR count). The molecule has 0 aromatic heterocycles. The molecule has 150 valence electrons. The van der Waals surface area contributed by atoms with Gasteiger partial charge in [-0.15, -0.1) is 0 Å². The van der Waals surface area contributed by atoms with Gasteiger partial charge >= 0.3 is 11.8 Å². The number of anilines is 2. The van der Waals surface area contributed by atoms with Gasteiger partial charge in [-0.1, -0.05) is 54.6 Å². The number of benzene rings is 3. The summed E-state index contributed by atoms with van der Waals surface area (Å²) in [5, 5.41) is 11.1. The molecule has 0 bridgehead atoms. The summed E-state index contributed by atoms with van der Waals surface area (Å²) in [6.45, 7) is 6.49. The average molecular weight is 389 g/mol. The molecule has 29 heavy (non-hydrogen) atoms. The van der Waals surface area contributed by atoms with Crippen molar-refractivity contribution in [2.45, 2.75) is 32.7 Å². The van der Waals surface area contributed by atoms with Crippen LogP contribution in [0.2, 0.25) is 0 Å². The van der Waals surface area contributed by atoms with E-state index in [-0.39, 0.29) is 5.54 Å². The fourth-order valence-electron chi connectivity index (χ4n) is 3.19. The van der Waals surface area contributed by atoms with Crippen LogP contribution in [0.25, 0.3) is 10.8 Å². The standard InChI is InChI=1S/C24H27N3O2/c1-24(2,3)27-21-14-7-6-13-20(21)26-23(29)22(28)25-16-15-18-11-8-10-17-9-4-5-12-19(17)18/h4-14,27H,15-16H2,1-3H3,(H,25,28)(H,26,29). The van der Waals surface area contributed by atoms with Gasteiger partial charge in [-0.2, -0.15) is 0 Å². The number of carbonyl (C=O) groups is 2. The Balaban J connectivity index is 1.58. The lowest BCUT2D eigenvalue weighted by Gasteiger charge is -2.24. The fraction of sp³-hybridized carbons (Fsp3) is 0.250. The molecule has 0 radical (unpaired) electrons. The van der Waals surface area contributed by atoms with Gasteiger partial charge in [0.2, 0.25) is 0 Å². The monoisotopic (exact) mass is 389 g/mol. The molecule has 5 nitrogen and oxygen atoms in total. The summed E-state index contributed by atoms with van der Waals surface area (Å²) in [7, 11) is 0. The highest BCUT2D eigenvalue weighted by atomic mass is 16.2. The number of nitrogens with one attached hydrogen (secondary N) is 3. The highest BCUT2D eigenvalue weighted by Crippen LogP contribution is 2.24. The molecular formula is C24H27N3O2. The van der Waals surface area contributed by atoms with Gasteiger partial charge in [0, 0.05) is 12.1 Å². The zero-order valence-corrected chi connectivity index (χ0v) is 17.1. The number of fused-ring (bicyclic) bond motifs is 1. The van der Waals surface area contributed by atoms with Gasteiger partial charge in [-0.3, -0.25) is 9.59 Å². The van der Waals surface area contributed by atoms with Gasteiger partial charge in [-0.05, 0) is 55.7 Å². The van der Waals surface area contributed by atoms with E-state index in [1.807, 2.05) is 63.2 Å². The van der Waals surface area contributed by atoms with Crippen LogP contribution >= 0.6 is 0 Å². The second-order valence-electron chi connectivity index (χ2n) is 8.02. The maximum absolute atomic E-state index is 12.3. The fourth-order valence-corrected chi connectivity index (χ4v) is 3.19. The highest BCUT2D eigenvalue weighted by molar-refractivity contribution is 6.39. The lowest BCUT2D eigenvalue weighted by molar-refractivity contribution is -0.136. The van der Waals surface area contributed by atoms with Crippen LogP contribution in [0.5, 0.6) is 0 Å². The molecular weight excluding hydrogens is 362 g/mol. The number of hydrogen-bond donors (Lipinski definition) is 3. The maximum atomic E-state index is 12.3. The predicted octanol–water partition coefficient (Wildman–Crippen LogP) is 4.35. The molecule has 0 saturated heterocycles. The second kappa shape index (κ2) is 8.78. The van der Waals surface area contributed by atoms with Crippen molar-refractivity contribution >= 4 is 34.0 Å². The highest BCUT2D eigenvalue weighted by Gasteiger charge is 2.17. The minimum atomic E-state index is -0.675. The zero-order chi connectivity index (χ0) is 20.9. The molecule has 0 unspecified atom stereocenters. The summed E-state index contributed by atoms with van der Waals surface area (Å²) in [5.74, 6) is -1.32. The molecule has 3 N–H and O–H groups in total. The first-order valence-electron chi connectivity index (χ1n) is 9.76. The molecule has 0 atom stereocenters. The Kier molecular flexibility index (Phi) is 6.17. The van der Waals surface area contributed by atoms with Crippen molar-refractivity contribution in [2.24, 2.45) is 0 Å². The smallest absolute Gasteiger partial charge is 0.313 e. The third kappa shape index (κ3) is 5.57. The molecule has 0 aliphatic carbocycles. The Hall–Kier alpha value is -3.34. The van der Waals surface area contributed by atoms with Crippen molar-refractivity contribution in [3.05, 3.63) is 72.3 Å². The molecule has 2 amide bonds. The predicted molar refractivity (Wildman–Crippen MR) is 119 cm³/mol. The first-order chi connectivity index (χ1) is 13.8. The van der Waals surface area contributed by atoms with E-state index >= 15 is 0 Å². The number of carbonyl (C=O) groups excluding carboxylic acids is 2. The van der Waals surface area contributed by atoms with Gasteiger partial charge in [0.15, 0.2) is 0 Å². The van der Waals surface area contributed by atoms with Crippen LogP contribution in [0, 0.1) is 0 Å². The molecule has 3 aromatic rings. The topological polar surface area (TPSA) is 70.2 Å². The van der Waals surface area contributed by atoms with Gasteiger partial charge in [0.05, 0.1) is 11.4 Å². The van der Waals surface area contributed by atoms with E-state index in [2.05, 4.69) is 34.1 Å². The van der Waals surface area contributed by atoms with Crippen molar-refractivity contribution in [3.8, 4) is 0 Å². The molecule has 0 aliphatic heterocycles. The molecule has 0 spiro atoms. The SMILES string of the molecule is CC(C)(C)Nc1ccccc1NC(=O)C(=O)NCCc1cccc2ccccc12. The van der Waals surface area contributed by atoms with E-state index in [4.69, 9.17) is 0 Å². The third-order valence-corrected chi connectivity index (χ3v) is 4.45. The normalized spacial score (nSPS) is 11.1. The van der Waals surface area contributed by atoms with Gasteiger partial charge in [0.25, 0.3) is 0 Å². The van der Waals surface area contributed by atoms with E-state index in [0.29, 0.717) is 18.7 Å². The molecule has 0 heterocycles. The first-order valence-corrected chi connectivity index (χ1v) is 9.76. The molecule has 3 aromatic carbocycles. The van der Waals surface area contributed by atoms with Crippen LogP contribution in [0.1, 0.15) is 26.3 Å². The third-order valence-electron chi connectivity index (χ3n) is 4.45. The Morgan fingerprint density at radius 2 is 1.45 bits per heavy atom. The summed E-state index contributed by atoms with van der Waals surface area (Å²) in [5.41, 5.74) is 2.33. The summed E-state index contributed by atoms with van der Waals surface area (Å²) in [6.07, 6.45) is 0.655. The Morgan fingerprint density at radius 3 is 2.21 bits per heavy atom. The lowest BCUT2D eigenvalue weighted by atomic mass is 10.0. The van der Waals surface area contributed by atoms with Crippen LogP contribution in [0.3, 0.4) is 0 Å². The first kappa shape index (κ1) is 20.4. The maximum Gasteiger partial charge on any atom is 0.313 e. The van der Waals surface area contributed by atoms with Gasteiger partial charge in [0.1, 0.15) is 0 Å². The number of para-hydroxylation sites is 2. The minimum Gasteiger partial charge on any atom is -0.379 e. The van der Waals surface area contributed by atoms with Crippen molar-refractivity contribution < 1.29 is 9.59 Å². The zero-order valence-electron chi connectivity index (χ0n) is 17.1. The summed E-state index contributed by atoms with van der Waals surface area (Å²) in [6, 6.07) is 21.6. The lowest BCUT2D eigenvalue weighted by Crippen LogP contribution is -2.37. The summed E-state index contributed by atoms with van der Waals surface area (Å²) in [4.78, 5) is 24.6. The van der Waals surface area contributed by atoms with Crippen LogP contribution in [-0.2, 0) is 16.0 Å². The van der Waals surface area contributed by atoms with Crippen LogP contribution in [0.15, 0.2) is 66.7 Å². The summed E-state index contributed by atoms with van der Waals surface area (Å²) < 4.78 is 0. The largest absolute Gasteiger partial charge is 0.379 e. The minimum absolute atomic E-state index is 0.165. The van der Waals surface area contributed by atoms with E-state index in [0.717, 1.165) is 22.0 Å². The van der Waals surface area contributed by atoms with Crippen molar-refractivity contribution in [3.63, 3.8) is 0 Å². The van der Waals surface area contributed by atoms with E-state index in [1.54, 1.807) is 6.07 Å². The van der Waals surface area contributed by atoms with E-state index in [9.17, 15) is 9.59 Å². The Labute approximate surface area is 171 Å². The van der Waals surface area contributed by atoms with E-state index in [1.165, 1.54) is 0 Å². The number of hydrogen-bond acceptors (Lipinski definition) is 3. The second-order valence-corrected chi connectivity index (χ2v) is 8.02.